The maximum absolute atomic E-state index is 15.1. The molecule has 2 aliphatic heterocycles. The predicted octanol–water partition coefficient (Wildman–Crippen LogP) is 5.56. The van der Waals surface area contributed by atoms with Gasteiger partial charge in [-0.3, -0.25) is 4.79 Å². The van der Waals surface area contributed by atoms with Crippen molar-refractivity contribution in [2.24, 2.45) is 4.99 Å². The molecule has 198 valence electrons. The van der Waals surface area contributed by atoms with Crippen LogP contribution in [0.5, 0.6) is 5.75 Å². The van der Waals surface area contributed by atoms with Gasteiger partial charge in [0.05, 0.1) is 32.4 Å². The van der Waals surface area contributed by atoms with Gasteiger partial charge in [-0.2, -0.15) is 0 Å². The average Bonchev–Trinajstić information content (AvgIpc) is 2.93. The number of anilines is 2. The van der Waals surface area contributed by atoms with Gasteiger partial charge in [-0.15, -0.1) is 0 Å². The van der Waals surface area contributed by atoms with E-state index in [0.29, 0.717) is 54.2 Å². The lowest BCUT2D eigenvalue weighted by atomic mass is 9.97. The van der Waals surface area contributed by atoms with Crippen LogP contribution in [-0.2, 0) is 9.53 Å². The first kappa shape index (κ1) is 25.8. The number of ether oxygens (including phenoxy) is 2. The summed E-state index contributed by atoms with van der Waals surface area (Å²) in [6, 6.07) is 15.7. The summed E-state index contributed by atoms with van der Waals surface area (Å²) in [6.07, 6.45) is -0.0445. The topological polar surface area (TPSA) is 57.6 Å². The standard InChI is InChI=1S/C28H27ClF2N4O3/c1-37-25-11-6-18(29)16-24(25)35-23(17-26(36)38-2)21-4-3-5-22(31)27(21)32-28(35)34-14-12-33(13-15-34)20-9-7-19(30)8-10-20/h3-11,16,23H,12-15,17H2,1-2H3. The minimum atomic E-state index is -0.622. The number of guanidine groups is 1. The van der Waals surface area contributed by atoms with Crippen LogP contribution in [0.4, 0.5) is 25.8 Å². The third-order valence-electron chi connectivity index (χ3n) is 6.86. The largest absolute Gasteiger partial charge is 0.495 e. The molecule has 1 unspecified atom stereocenters. The number of esters is 1. The Labute approximate surface area is 224 Å². The molecule has 2 heterocycles. The maximum atomic E-state index is 15.1. The molecule has 1 saturated heterocycles. The molecule has 0 spiro atoms. The van der Waals surface area contributed by atoms with E-state index in [9.17, 15) is 9.18 Å². The van der Waals surface area contributed by atoms with Gasteiger partial charge in [0, 0.05) is 42.5 Å². The number of piperazine rings is 1. The molecule has 0 aliphatic carbocycles. The van der Waals surface area contributed by atoms with E-state index in [4.69, 9.17) is 26.1 Å². The fourth-order valence-corrected chi connectivity index (χ4v) is 5.13. The Kier molecular flexibility index (Phi) is 7.37. The Morgan fingerprint density at radius 1 is 1.00 bits per heavy atom. The Morgan fingerprint density at radius 2 is 1.71 bits per heavy atom. The Balaban J connectivity index is 1.58. The first-order chi connectivity index (χ1) is 18.4. The molecule has 38 heavy (non-hydrogen) atoms. The van der Waals surface area contributed by atoms with Gasteiger partial charge in [-0.05, 0) is 48.5 Å². The number of hydrogen-bond acceptors (Lipinski definition) is 7. The molecule has 0 saturated carbocycles. The number of methoxy groups -OCH3 is 2. The second kappa shape index (κ2) is 10.9. The zero-order valence-corrected chi connectivity index (χ0v) is 21.8. The van der Waals surface area contributed by atoms with E-state index in [-0.39, 0.29) is 17.9 Å². The molecule has 0 radical (unpaired) electrons. The summed E-state index contributed by atoms with van der Waals surface area (Å²) in [5.41, 5.74) is 2.27. The maximum Gasteiger partial charge on any atom is 0.307 e. The van der Waals surface area contributed by atoms with Crippen LogP contribution in [0.25, 0.3) is 0 Å². The van der Waals surface area contributed by atoms with E-state index in [2.05, 4.69) is 9.80 Å². The lowest BCUT2D eigenvalue weighted by Gasteiger charge is -2.45. The first-order valence-corrected chi connectivity index (χ1v) is 12.6. The molecule has 1 atom stereocenters. The van der Waals surface area contributed by atoms with Crippen molar-refractivity contribution < 1.29 is 23.0 Å². The molecular formula is C28H27ClF2N4O3. The molecule has 3 aromatic rings. The van der Waals surface area contributed by atoms with Gasteiger partial charge >= 0.3 is 5.97 Å². The summed E-state index contributed by atoms with van der Waals surface area (Å²) in [7, 11) is 2.88. The minimum absolute atomic E-state index is 0.0445. The predicted molar refractivity (Wildman–Crippen MR) is 144 cm³/mol. The average molecular weight is 541 g/mol. The van der Waals surface area contributed by atoms with Gasteiger partial charge in [0.25, 0.3) is 0 Å². The van der Waals surface area contributed by atoms with Crippen LogP contribution in [-0.4, -0.2) is 57.2 Å². The normalized spacial score (nSPS) is 17.1. The van der Waals surface area contributed by atoms with Gasteiger partial charge in [-0.25, -0.2) is 13.8 Å². The summed E-state index contributed by atoms with van der Waals surface area (Å²) in [4.78, 5) is 23.5. The zero-order chi connectivity index (χ0) is 26.8. The number of halogens is 3. The van der Waals surface area contributed by atoms with Crippen LogP contribution in [0.2, 0.25) is 5.02 Å². The van der Waals surface area contributed by atoms with Gasteiger partial charge in [-0.1, -0.05) is 23.7 Å². The third kappa shape index (κ3) is 4.98. The highest BCUT2D eigenvalue weighted by Gasteiger charge is 2.39. The molecule has 0 bridgehead atoms. The number of fused-ring (bicyclic) bond motifs is 1. The summed E-state index contributed by atoms with van der Waals surface area (Å²) >= 11 is 6.41. The molecule has 0 aromatic heterocycles. The Hall–Kier alpha value is -3.85. The number of rotatable bonds is 5. The van der Waals surface area contributed by atoms with Crippen LogP contribution in [0.1, 0.15) is 18.0 Å². The molecule has 7 nitrogen and oxygen atoms in total. The number of para-hydroxylation sites is 1. The molecule has 10 heteroatoms. The van der Waals surface area contributed by atoms with Gasteiger partial charge in [0.1, 0.15) is 23.1 Å². The van der Waals surface area contributed by atoms with Crippen molar-refractivity contribution in [3.05, 3.63) is 82.9 Å². The van der Waals surface area contributed by atoms with Crippen LogP contribution in [0.15, 0.2) is 65.7 Å². The molecule has 0 amide bonds. The second-order valence-corrected chi connectivity index (χ2v) is 9.46. The summed E-state index contributed by atoms with van der Waals surface area (Å²) in [5.74, 6) is -0.193. The summed E-state index contributed by atoms with van der Waals surface area (Å²) < 4.78 is 39.2. The molecule has 5 rings (SSSR count). The Bertz CT molecular complexity index is 1360. The number of carbonyl (C=O) groups excluding carboxylic acids is 1. The Morgan fingerprint density at radius 3 is 2.39 bits per heavy atom. The van der Waals surface area contributed by atoms with Crippen molar-refractivity contribution in [2.45, 2.75) is 12.5 Å². The lowest BCUT2D eigenvalue weighted by Crippen LogP contribution is -2.55. The SMILES string of the molecule is COC(=O)CC1c2cccc(F)c2N=C(N2CCN(c3ccc(F)cc3)CC2)N1c1cc(Cl)ccc1OC. The fraction of sp³-hybridized carbons (Fsp3) is 0.286. The molecule has 0 N–H and O–H groups in total. The van der Waals surface area contributed by atoms with Crippen molar-refractivity contribution >= 4 is 40.6 Å². The number of aliphatic imine (C=N–C) groups is 1. The molecule has 2 aliphatic rings. The molecular weight excluding hydrogens is 514 g/mol. The van der Waals surface area contributed by atoms with Crippen LogP contribution < -0.4 is 14.5 Å². The van der Waals surface area contributed by atoms with E-state index >= 15 is 4.39 Å². The highest BCUT2D eigenvalue weighted by Crippen LogP contribution is 2.45. The highest BCUT2D eigenvalue weighted by molar-refractivity contribution is 6.31. The second-order valence-electron chi connectivity index (χ2n) is 9.02. The van der Waals surface area contributed by atoms with Crippen molar-refractivity contribution in [2.75, 3.05) is 50.2 Å². The summed E-state index contributed by atoms with van der Waals surface area (Å²) in [5, 5.41) is 0.475. The number of hydrogen-bond donors (Lipinski definition) is 0. The van der Waals surface area contributed by atoms with Gasteiger partial charge in [0.2, 0.25) is 5.96 Å². The monoisotopic (exact) mass is 540 g/mol. The van der Waals surface area contributed by atoms with Crippen molar-refractivity contribution in [1.82, 2.24) is 4.90 Å². The smallest absolute Gasteiger partial charge is 0.307 e. The van der Waals surface area contributed by atoms with Crippen molar-refractivity contribution in [3.63, 3.8) is 0 Å². The van der Waals surface area contributed by atoms with Gasteiger partial charge < -0.3 is 24.2 Å². The fourth-order valence-electron chi connectivity index (χ4n) is 4.96. The van der Waals surface area contributed by atoms with E-state index in [1.54, 1.807) is 49.6 Å². The van der Waals surface area contributed by atoms with Crippen molar-refractivity contribution in [3.8, 4) is 5.75 Å². The number of benzene rings is 3. The van der Waals surface area contributed by atoms with Crippen LogP contribution >= 0.6 is 11.6 Å². The quantitative estimate of drug-likeness (QED) is 0.395. The molecule has 1 fully saturated rings. The van der Waals surface area contributed by atoms with E-state index in [0.717, 1.165) is 5.69 Å². The lowest BCUT2D eigenvalue weighted by molar-refractivity contribution is -0.141. The molecule has 3 aromatic carbocycles. The number of nitrogens with zero attached hydrogens (tertiary/aromatic N) is 4. The van der Waals surface area contributed by atoms with Gasteiger partial charge in [0.15, 0.2) is 0 Å². The van der Waals surface area contributed by atoms with Crippen LogP contribution in [0, 0.1) is 11.6 Å². The van der Waals surface area contributed by atoms with Crippen LogP contribution in [0.3, 0.4) is 0 Å². The van der Waals surface area contributed by atoms with E-state index in [1.807, 2.05) is 4.90 Å². The highest BCUT2D eigenvalue weighted by atomic mass is 35.5. The third-order valence-corrected chi connectivity index (χ3v) is 7.09. The zero-order valence-electron chi connectivity index (χ0n) is 21.0. The van der Waals surface area contributed by atoms with E-state index in [1.165, 1.54) is 25.3 Å². The van der Waals surface area contributed by atoms with Crippen molar-refractivity contribution in [1.29, 1.82) is 0 Å². The minimum Gasteiger partial charge on any atom is -0.495 e. The first-order valence-electron chi connectivity index (χ1n) is 12.2. The van der Waals surface area contributed by atoms with E-state index < -0.39 is 17.8 Å². The number of carbonyl (C=O) groups is 1. The summed E-state index contributed by atoms with van der Waals surface area (Å²) in [6.45, 7) is 2.39.